The van der Waals surface area contributed by atoms with E-state index >= 15 is 0 Å². The molecule has 0 aliphatic heterocycles. The molecule has 0 spiro atoms. The predicted octanol–water partition coefficient (Wildman–Crippen LogP) is 3.96. The van der Waals surface area contributed by atoms with E-state index < -0.39 is 10.9 Å². The molecule has 0 bridgehead atoms. The molecule has 0 saturated carbocycles. The topological polar surface area (TPSA) is 108 Å². The molecule has 3 aromatic rings. The van der Waals surface area contributed by atoms with Crippen molar-refractivity contribution in [1.29, 1.82) is 0 Å². The summed E-state index contributed by atoms with van der Waals surface area (Å²) in [5.74, 6) is -0.535. The van der Waals surface area contributed by atoms with Gasteiger partial charge in [0.15, 0.2) is 6.61 Å². The van der Waals surface area contributed by atoms with E-state index in [1.807, 2.05) is 0 Å². The smallest absolute Gasteiger partial charge is 0.345 e. The Morgan fingerprint density at radius 1 is 1.27 bits per heavy atom. The third-order valence-electron chi connectivity index (χ3n) is 3.56. The molecule has 0 atom stereocenters. The highest BCUT2D eigenvalue weighted by Gasteiger charge is 2.24. The van der Waals surface area contributed by atoms with Crippen molar-refractivity contribution in [3.05, 3.63) is 74.6 Å². The number of halogens is 1. The fourth-order valence-electron chi connectivity index (χ4n) is 2.33. The summed E-state index contributed by atoms with van der Waals surface area (Å²) in [6.07, 6.45) is 0. The Morgan fingerprint density at radius 2 is 2.04 bits per heavy atom. The van der Waals surface area contributed by atoms with Gasteiger partial charge in [-0.3, -0.25) is 10.1 Å². The maximum Gasteiger partial charge on any atom is 0.345 e. The lowest BCUT2D eigenvalue weighted by atomic mass is 10.1. The number of carbonyl (C=O) groups is 1. The summed E-state index contributed by atoms with van der Waals surface area (Å²) < 4.78 is 10.2. The number of esters is 1. The number of benzene rings is 2. The summed E-state index contributed by atoms with van der Waals surface area (Å²) in [4.78, 5) is 26.8. The van der Waals surface area contributed by atoms with Crippen molar-refractivity contribution >= 4 is 23.3 Å². The van der Waals surface area contributed by atoms with Gasteiger partial charge in [-0.15, -0.1) is 0 Å². The number of carbonyl (C=O) groups excluding carboxylic acids is 1. The largest absolute Gasteiger partial charge is 0.454 e. The lowest BCUT2D eigenvalue weighted by molar-refractivity contribution is -0.385. The highest BCUT2D eigenvalue weighted by atomic mass is 35.5. The van der Waals surface area contributed by atoms with Gasteiger partial charge in [-0.05, 0) is 24.6 Å². The Balaban J connectivity index is 1.76. The predicted molar refractivity (Wildman–Crippen MR) is 91.7 cm³/mol. The van der Waals surface area contributed by atoms with Crippen molar-refractivity contribution in [1.82, 2.24) is 10.1 Å². The van der Waals surface area contributed by atoms with Crippen molar-refractivity contribution in [3.63, 3.8) is 0 Å². The molecular formula is C17H12ClN3O5. The summed E-state index contributed by atoms with van der Waals surface area (Å²) in [6, 6.07) is 11.3. The van der Waals surface area contributed by atoms with Crippen LogP contribution in [0, 0.1) is 17.0 Å². The van der Waals surface area contributed by atoms with Crippen LogP contribution in [0.1, 0.15) is 21.7 Å². The highest BCUT2D eigenvalue weighted by Crippen LogP contribution is 2.26. The van der Waals surface area contributed by atoms with Gasteiger partial charge < -0.3 is 9.26 Å². The molecule has 0 aliphatic carbocycles. The first kappa shape index (κ1) is 17.6. The van der Waals surface area contributed by atoms with E-state index in [4.69, 9.17) is 20.9 Å². The number of rotatable bonds is 5. The molecule has 8 nitrogen and oxygen atoms in total. The molecule has 0 fully saturated rings. The van der Waals surface area contributed by atoms with Gasteiger partial charge in [0.1, 0.15) is 5.56 Å². The SMILES string of the molecule is Cc1cccc([N+](=O)[O-])c1C(=O)OCc1noc(-c2ccccc2Cl)n1. The first-order chi connectivity index (χ1) is 12.5. The van der Waals surface area contributed by atoms with Crippen LogP contribution in [0.25, 0.3) is 11.5 Å². The minimum absolute atomic E-state index is 0.104. The average Bonchev–Trinajstić information content (AvgIpc) is 3.08. The molecule has 26 heavy (non-hydrogen) atoms. The van der Waals surface area contributed by atoms with Gasteiger partial charge in [-0.2, -0.15) is 4.98 Å². The number of aromatic nitrogens is 2. The van der Waals surface area contributed by atoms with Gasteiger partial charge in [0.05, 0.1) is 15.5 Å². The van der Waals surface area contributed by atoms with Crippen LogP contribution in [-0.4, -0.2) is 21.0 Å². The van der Waals surface area contributed by atoms with Crippen molar-refractivity contribution in [2.45, 2.75) is 13.5 Å². The zero-order valence-corrected chi connectivity index (χ0v) is 14.3. The zero-order valence-electron chi connectivity index (χ0n) is 13.5. The molecule has 0 radical (unpaired) electrons. The standard InChI is InChI=1S/C17H12ClN3O5/c1-10-5-4-8-13(21(23)24)15(10)17(22)25-9-14-19-16(26-20-14)11-6-2-3-7-12(11)18/h2-8H,9H2,1H3. The number of hydrogen-bond acceptors (Lipinski definition) is 7. The van der Waals surface area contributed by atoms with Crippen LogP contribution in [0.3, 0.4) is 0 Å². The molecule has 0 saturated heterocycles. The first-order valence-electron chi connectivity index (χ1n) is 7.46. The maximum absolute atomic E-state index is 12.3. The molecule has 3 rings (SSSR count). The van der Waals surface area contributed by atoms with Crippen LogP contribution in [-0.2, 0) is 11.3 Å². The zero-order chi connectivity index (χ0) is 18.7. The summed E-state index contributed by atoms with van der Waals surface area (Å²) in [5.41, 5.74) is 0.565. The van der Waals surface area contributed by atoms with E-state index in [2.05, 4.69) is 10.1 Å². The minimum atomic E-state index is -0.834. The van der Waals surface area contributed by atoms with Crippen LogP contribution in [0.4, 0.5) is 5.69 Å². The van der Waals surface area contributed by atoms with Crippen molar-refractivity contribution in [2.75, 3.05) is 0 Å². The van der Waals surface area contributed by atoms with E-state index in [1.165, 1.54) is 12.1 Å². The number of nitro benzene ring substituents is 1. The quantitative estimate of drug-likeness (QED) is 0.378. The highest BCUT2D eigenvalue weighted by molar-refractivity contribution is 6.33. The summed E-state index contributed by atoms with van der Waals surface area (Å²) in [7, 11) is 0. The van der Waals surface area contributed by atoms with Crippen LogP contribution in [0.15, 0.2) is 47.0 Å². The van der Waals surface area contributed by atoms with Crippen molar-refractivity contribution < 1.29 is 19.0 Å². The van der Waals surface area contributed by atoms with Gasteiger partial charge in [0.2, 0.25) is 5.82 Å². The second-order valence-electron chi connectivity index (χ2n) is 5.30. The average molecular weight is 374 g/mol. The van der Waals surface area contributed by atoms with Crippen LogP contribution in [0.2, 0.25) is 5.02 Å². The Bertz CT molecular complexity index is 986. The van der Waals surface area contributed by atoms with Crippen LogP contribution < -0.4 is 0 Å². The van der Waals surface area contributed by atoms with E-state index in [0.29, 0.717) is 16.1 Å². The molecule has 1 aromatic heterocycles. The lowest BCUT2D eigenvalue weighted by Crippen LogP contribution is -2.10. The molecular weight excluding hydrogens is 362 g/mol. The Kier molecular flexibility index (Phi) is 4.94. The number of ether oxygens (including phenoxy) is 1. The third kappa shape index (κ3) is 3.55. The van der Waals surface area contributed by atoms with Crippen molar-refractivity contribution in [2.24, 2.45) is 0 Å². The second-order valence-corrected chi connectivity index (χ2v) is 5.71. The van der Waals surface area contributed by atoms with Gasteiger partial charge in [0, 0.05) is 6.07 Å². The monoisotopic (exact) mass is 373 g/mol. The number of hydrogen-bond donors (Lipinski definition) is 0. The van der Waals surface area contributed by atoms with Crippen molar-refractivity contribution in [3.8, 4) is 11.5 Å². The molecule has 2 aromatic carbocycles. The fourth-order valence-corrected chi connectivity index (χ4v) is 2.55. The van der Waals surface area contributed by atoms with Gasteiger partial charge in [0.25, 0.3) is 11.6 Å². The normalized spacial score (nSPS) is 10.5. The summed E-state index contributed by atoms with van der Waals surface area (Å²) >= 11 is 6.06. The van der Waals surface area contributed by atoms with Gasteiger partial charge in [-0.1, -0.05) is 41.0 Å². The summed E-state index contributed by atoms with van der Waals surface area (Å²) in [5, 5.41) is 15.3. The maximum atomic E-state index is 12.3. The first-order valence-corrected chi connectivity index (χ1v) is 7.84. The molecule has 0 aliphatic rings. The second kappa shape index (κ2) is 7.32. The Labute approximate surface area is 152 Å². The molecule has 0 amide bonds. The molecule has 132 valence electrons. The van der Waals surface area contributed by atoms with E-state index in [0.717, 1.165) is 0 Å². The van der Waals surface area contributed by atoms with Crippen LogP contribution >= 0.6 is 11.6 Å². The van der Waals surface area contributed by atoms with Crippen LogP contribution in [0.5, 0.6) is 0 Å². The van der Waals surface area contributed by atoms with E-state index in [-0.39, 0.29) is 29.6 Å². The van der Waals surface area contributed by atoms with E-state index in [1.54, 1.807) is 37.3 Å². The van der Waals surface area contributed by atoms with Gasteiger partial charge in [-0.25, -0.2) is 4.79 Å². The molecule has 0 N–H and O–H groups in total. The molecule has 9 heteroatoms. The number of nitro groups is 1. The number of aryl methyl sites for hydroxylation is 1. The van der Waals surface area contributed by atoms with Gasteiger partial charge >= 0.3 is 5.97 Å². The molecule has 1 heterocycles. The fraction of sp³-hybridized carbons (Fsp3) is 0.118. The Hall–Kier alpha value is -3.26. The lowest BCUT2D eigenvalue weighted by Gasteiger charge is -2.05. The molecule has 0 unspecified atom stereocenters. The number of nitrogens with zero attached hydrogens (tertiary/aromatic N) is 3. The van der Waals surface area contributed by atoms with E-state index in [9.17, 15) is 14.9 Å². The minimum Gasteiger partial charge on any atom is -0.454 e. The summed E-state index contributed by atoms with van der Waals surface area (Å²) in [6.45, 7) is 1.30. The third-order valence-corrected chi connectivity index (χ3v) is 3.89. The Morgan fingerprint density at radius 3 is 2.77 bits per heavy atom.